The molecule has 0 aliphatic rings. The summed E-state index contributed by atoms with van der Waals surface area (Å²) in [4.78, 5) is 3.21. The molecule has 14 heavy (non-hydrogen) atoms. The van der Waals surface area contributed by atoms with Gasteiger partial charge in [-0.2, -0.15) is 0 Å². The Bertz CT molecular complexity index is 548. The van der Waals surface area contributed by atoms with E-state index in [0.717, 1.165) is 16.6 Å². The van der Waals surface area contributed by atoms with Gasteiger partial charge < -0.3 is 9.40 Å². The number of fused-ring (bicyclic) bond motifs is 1. The average molecular weight is 182 g/mol. The number of aromatic amines is 1. The maximum atomic E-state index is 4.95. The predicted molar refractivity (Wildman–Crippen MR) is 54.8 cm³/mol. The van der Waals surface area contributed by atoms with Gasteiger partial charge in [-0.15, -0.1) is 0 Å². The highest BCUT2D eigenvalue weighted by Gasteiger charge is 2.05. The first-order valence-electron chi connectivity index (χ1n) is 4.47. The molecule has 1 aromatic carbocycles. The molecule has 67 valence electrons. The molecule has 0 amide bonds. The first-order chi connectivity index (χ1) is 6.95. The van der Waals surface area contributed by atoms with Crippen molar-refractivity contribution >= 4 is 10.9 Å². The van der Waals surface area contributed by atoms with E-state index in [-0.39, 0.29) is 0 Å². The van der Waals surface area contributed by atoms with E-state index >= 15 is 0 Å². The molecule has 0 saturated heterocycles. The molecule has 0 fully saturated rings. The Morgan fingerprint density at radius 1 is 1.14 bits per heavy atom. The van der Waals surface area contributed by atoms with Crippen molar-refractivity contribution in [3.8, 4) is 11.1 Å². The lowest BCUT2D eigenvalue weighted by Crippen LogP contribution is -1.69. The van der Waals surface area contributed by atoms with E-state index in [2.05, 4.69) is 23.4 Å². The third-order valence-corrected chi connectivity index (χ3v) is 2.35. The highest BCUT2D eigenvalue weighted by Crippen LogP contribution is 2.27. The van der Waals surface area contributed by atoms with Crippen LogP contribution in [0.15, 0.2) is 47.2 Å². The summed E-state index contributed by atoms with van der Waals surface area (Å²) >= 11 is 0. The van der Waals surface area contributed by atoms with Gasteiger partial charge in [0.15, 0.2) is 6.26 Å². The van der Waals surface area contributed by atoms with E-state index in [1.165, 1.54) is 5.39 Å². The summed E-state index contributed by atoms with van der Waals surface area (Å²) in [5, 5.41) is 1.20. The van der Waals surface area contributed by atoms with Gasteiger partial charge in [-0.1, -0.05) is 18.2 Å². The van der Waals surface area contributed by atoms with Gasteiger partial charge in [-0.25, -0.2) is 0 Å². The fourth-order valence-corrected chi connectivity index (χ4v) is 1.67. The van der Waals surface area contributed by atoms with Crippen LogP contribution in [-0.4, -0.2) is 4.98 Å². The number of para-hydroxylation sites is 1. The molecule has 0 spiro atoms. The number of hydrogen-bond donors (Lipinski definition) is 1. The number of hydrogen-bond acceptors (Lipinski definition) is 1. The summed E-state index contributed by atoms with van der Waals surface area (Å²) in [6.07, 6.45) is 6.45. The maximum absolute atomic E-state index is 4.95. The molecular weight excluding hydrogens is 174 g/mol. The van der Waals surface area contributed by atoms with Crippen LogP contribution in [0.4, 0.5) is 0 Å². The molecule has 2 aromatic heterocycles. The minimum atomic E-state index is 0.988. The van der Waals surface area contributed by atoms with Gasteiger partial charge in [0, 0.05) is 28.2 Å². The third-order valence-electron chi connectivity index (χ3n) is 2.35. The Morgan fingerprint density at radius 2 is 2.07 bits per heavy atom. The summed E-state index contributed by atoms with van der Waals surface area (Å²) < 4.78 is 4.95. The molecule has 2 heterocycles. The summed E-state index contributed by atoms with van der Waals surface area (Å²) in [6, 6.07) is 10.1. The van der Waals surface area contributed by atoms with Crippen LogP contribution in [0.3, 0.4) is 0 Å². The van der Waals surface area contributed by atoms with E-state index in [4.69, 9.17) is 4.42 Å². The van der Waals surface area contributed by atoms with E-state index in [9.17, 15) is 0 Å². The first-order valence-corrected chi connectivity index (χ1v) is 4.47. The van der Waals surface area contributed by atoms with Crippen molar-refractivity contribution < 1.29 is 4.42 Å². The van der Waals surface area contributed by atoms with E-state index in [0.29, 0.717) is 0 Å². The SMILES string of the molecule is [c]1occc1-c1c[nH]c2ccccc12. The van der Waals surface area contributed by atoms with Crippen molar-refractivity contribution in [2.75, 3.05) is 0 Å². The van der Waals surface area contributed by atoms with Crippen LogP contribution < -0.4 is 0 Å². The van der Waals surface area contributed by atoms with E-state index in [1.807, 2.05) is 24.4 Å². The van der Waals surface area contributed by atoms with Crippen LogP contribution in [0.1, 0.15) is 0 Å². The molecule has 0 unspecified atom stereocenters. The van der Waals surface area contributed by atoms with Gasteiger partial charge in [0.25, 0.3) is 0 Å². The number of aromatic nitrogens is 1. The fourth-order valence-electron chi connectivity index (χ4n) is 1.67. The van der Waals surface area contributed by atoms with Gasteiger partial charge in [-0.05, 0) is 12.1 Å². The molecule has 0 aliphatic heterocycles. The van der Waals surface area contributed by atoms with Crippen molar-refractivity contribution in [3.63, 3.8) is 0 Å². The topological polar surface area (TPSA) is 28.9 Å². The van der Waals surface area contributed by atoms with Gasteiger partial charge >= 0.3 is 0 Å². The van der Waals surface area contributed by atoms with Gasteiger partial charge in [0.2, 0.25) is 0 Å². The molecule has 0 atom stereocenters. The van der Waals surface area contributed by atoms with Crippen LogP contribution in [0.25, 0.3) is 22.0 Å². The second kappa shape index (κ2) is 2.77. The highest BCUT2D eigenvalue weighted by atomic mass is 16.3. The van der Waals surface area contributed by atoms with Crippen molar-refractivity contribution in [3.05, 3.63) is 49.1 Å². The quantitative estimate of drug-likeness (QED) is 0.615. The third kappa shape index (κ3) is 0.973. The Labute approximate surface area is 81.2 Å². The van der Waals surface area contributed by atoms with Gasteiger partial charge in [-0.3, -0.25) is 0 Å². The van der Waals surface area contributed by atoms with Crippen LogP contribution in [-0.2, 0) is 0 Å². The van der Waals surface area contributed by atoms with E-state index < -0.39 is 0 Å². The normalized spacial score (nSPS) is 10.9. The second-order valence-electron chi connectivity index (χ2n) is 3.18. The largest absolute Gasteiger partial charge is 0.460 e. The molecule has 2 nitrogen and oxygen atoms in total. The zero-order valence-corrected chi connectivity index (χ0v) is 7.45. The zero-order chi connectivity index (χ0) is 9.38. The van der Waals surface area contributed by atoms with Gasteiger partial charge in [0.05, 0.1) is 6.26 Å². The molecule has 0 saturated carbocycles. The standard InChI is InChI=1S/C12H8NO/c1-2-4-12-10(3-1)11(7-13-12)9-5-6-14-8-9/h1-7,13H. The smallest absolute Gasteiger partial charge is 0.177 e. The predicted octanol–water partition coefficient (Wildman–Crippen LogP) is 3.23. The summed E-state index contributed by atoms with van der Waals surface area (Å²) in [5.74, 6) is 0. The number of H-pyrrole nitrogens is 1. The van der Waals surface area contributed by atoms with Crippen LogP contribution >= 0.6 is 0 Å². The zero-order valence-electron chi connectivity index (χ0n) is 7.45. The monoisotopic (exact) mass is 182 g/mol. The number of benzene rings is 1. The molecule has 1 N–H and O–H groups in total. The molecule has 0 bridgehead atoms. The van der Waals surface area contributed by atoms with Crippen LogP contribution in [0.2, 0.25) is 0 Å². The van der Waals surface area contributed by atoms with E-state index in [1.54, 1.807) is 6.26 Å². The fraction of sp³-hybridized carbons (Fsp3) is 0. The Hall–Kier alpha value is -1.96. The summed E-state index contributed by atoms with van der Waals surface area (Å²) in [7, 11) is 0. The molecule has 0 aliphatic carbocycles. The lowest BCUT2D eigenvalue weighted by Gasteiger charge is -1.92. The molecular formula is C12H8NO. The van der Waals surface area contributed by atoms with Crippen molar-refractivity contribution in [2.24, 2.45) is 0 Å². The lowest BCUT2D eigenvalue weighted by atomic mass is 10.1. The summed E-state index contributed by atoms with van der Waals surface area (Å²) in [5.41, 5.74) is 3.26. The summed E-state index contributed by atoms with van der Waals surface area (Å²) in [6.45, 7) is 0. The van der Waals surface area contributed by atoms with Crippen LogP contribution in [0, 0.1) is 6.26 Å². The van der Waals surface area contributed by atoms with Crippen LogP contribution in [0.5, 0.6) is 0 Å². The molecule has 2 heteroatoms. The number of rotatable bonds is 1. The maximum Gasteiger partial charge on any atom is 0.177 e. The molecule has 1 radical (unpaired) electrons. The second-order valence-corrected chi connectivity index (χ2v) is 3.18. The highest BCUT2D eigenvalue weighted by molar-refractivity contribution is 5.95. The lowest BCUT2D eigenvalue weighted by molar-refractivity contribution is 0.559. The molecule has 3 rings (SSSR count). The Balaban J connectivity index is 2.33. The van der Waals surface area contributed by atoms with Crippen molar-refractivity contribution in [1.82, 2.24) is 4.98 Å². The Morgan fingerprint density at radius 3 is 2.93 bits per heavy atom. The molecule has 3 aromatic rings. The number of furan rings is 1. The first kappa shape index (κ1) is 7.44. The van der Waals surface area contributed by atoms with Crippen molar-refractivity contribution in [1.29, 1.82) is 0 Å². The minimum Gasteiger partial charge on any atom is -0.460 e. The average Bonchev–Trinajstić information content (AvgIpc) is 2.85. The Kier molecular flexibility index (Phi) is 1.47. The number of nitrogens with one attached hydrogen (secondary N) is 1. The minimum absolute atomic E-state index is 0.988. The van der Waals surface area contributed by atoms with Crippen molar-refractivity contribution in [2.45, 2.75) is 0 Å². The van der Waals surface area contributed by atoms with Gasteiger partial charge in [0.1, 0.15) is 0 Å².